The Balaban J connectivity index is 1.84. The first-order valence-corrected chi connectivity index (χ1v) is 7.40. The van der Waals surface area contributed by atoms with Crippen LogP contribution in [0.1, 0.15) is 15.2 Å². The lowest BCUT2D eigenvalue weighted by molar-refractivity contribution is 0.0788. The van der Waals surface area contributed by atoms with Gasteiger partial charge in [-0.3, -0.25) is 4.79 Å². The van der Waals surface area contributed by atoms with Crippen LogP contribution in [-0.4, -0.2) is 22.8 Å². The van der Waals surface area contributed by atoms with Gasteiger partial charge in [-0.25, -0.2) is 0 Å². The number of carbonyl (C=O) groups excluding carboxylic acids is 1. The molecule has 0 aliphatic carbocycles. The van der Waals surface area contributed by atoms with Crippen molar-refractivity contribution in [2.45, 2.75) is 6.54 Å². The Hall–Kier alpha value is -1.78. The van der Waals surface area contributed by atoms with E-state index in [4.69, 9.17) is 11.6 Å². The summed E-state index contributed by atoms with van der Waals surface area (Å²) in [6, 6.07) is 11.6. The number of thiophene rings is 1. The van der Waals surface area contributed by atoms with Crippen LogP contribution in [0.25, 0.3) is 10.9 Å². The van der Waals surface area contributed by atoms with Gasteiger partial charge in [0.2, 0.25) is 0 Å². The molecule has 0 saturated heterocycles. The number of aromatic nitrogens is 1. The lowest BCUT2D eigenvalue weighted by atomic mass is 10.1. The second-order valence-corrected chi connectivity index (χ2v) is 6.41. The zero-order chi connectivity index (χ0) is 14.1. The Morgan fingerprint density at radius 1 is 1.30 bits per heavy atom. The fraction of sp³-hybridized carbons (Fsp3) is 0.133. The Bertz CT molecular complexity index is 762. The highest BCUT2D eigenvalue weighted by atomic mass is 35.5. The van der Waals surface area contributed by atoms with E-state index in [1.807, 2.05) is 36.4 Å². The van der Waals surface area contributed by atoms with Crippen molar-refractivity contribution in [2.24, 2.45) is 0 Å². The van der Waals surface area contributed by atoms with Gasteiger partial charge in [-0.1, -0.05) is 29.8 Å². The molecule has 0 aliphatic rings. The summed E-state index contributed by atoms with van der Waals surface area (Å²) in [5, 5.41) is 0.952. The average molecular weight is 305 g/mol. The number of aromatic amines is 1. The highest BCUT2D eigenvalue weighted by molar-refractivity contribution is 7.16. The van der Waals surface area contributed by atoms with E-state index in [1.54, 1.807) is 18.1 Å². The zero-order valence-corrected chi connectivity index (χ0v) is 12.5. The topological polar surface area (TPSA) is 36.1 Å². The number of nitrogens with zero attached hydrogens (tertiary/aromatic N) is 1. The number of para-hydroxylation sites is 1. The molecule has 3 aromatic rings. The van der Waals surface area contributed by atoms with Gasteiger partial charge in [-0.15, -0.1) is 11.3 Å². The number of fused-ring (bicyclic) bond motifs is 1. The highest BCUT2D eigenvalue weighted by Crippen LogP contribution is 2.24. The molecule has 0 radical (unpaired) electrons. The third-order valence-electron chi connectivity index (χ3n) is 3.19. The molecule has 0 bridgehead atoms. The van der Waals surface area contributed by atoms with E-state index in [2.05, 4.69) is 4.98 Å². The van der Waals surface area contributed by atoms with Crippen LogP contribution in [0.5, 0.6) is 0 Å². The third kappa shape index (κ3) is 2.44. The maximum absolute atomic E-state index is 12.5. The van der Waals surface area contributed by atoms with Crippen LogP contribution < -0.4 is 0 Å². The van der Waals surface area contributed by atoms with Gasteiger partial charge in [-0.05, 0) is 18.2 Å². The fourth-order valence-electron chi connectivity index (χ4n) is 2.20. The molecule has 0 spiro atoms. The van der Waals surface area contributed by atoms with Crippen LogP contribution in [0.3, 0.4) is 0 Å². The van der Waals surface area contributed by atoms with Gasteiger partial charge < -0.3 is 9.88 Å². The molecule has 2 aromatic heterocycles. The van der Waals surface area contributed by atoms with Gasteiger partial charge >= 0.3 is 0 Å². The number of hydrogen-bond donors (Lipinski definition) is 1. The highest BCUT2D eigenvalue weighted by Gasteiger charge is 2.16. The van der Waals surface area contributed by atoms with E-state index >= 15 is 0 Å². The Labute approximate surface area is 125 Å². The Kier molecular flexibility index (Phi) is 3.51. The van der Waals surface area contributed by atoms with Crippen LogP contribution in [0, 0.1) is 0 Å². The molecule has 102 valence electrons. The van der Waals surface area contributed by atoms with Crippen molar-refractivity contribution < 1.29 is 4.79 Å². The maximum atomic E-state index is 12.5. The fourth-order valence-corrected chi connectivity index (χ4v) is 3.34. The number of rotatable bonds is 3. The summed E-state index contributed by atoms with van der Waals surface area (Å²) in [5.41, 5.74) is 1.68. The number of H-pyrrole nitrogens is 1. The molecular formula is C15H13ClN2OS. The minimum absolute atomic E-state index is 0.00646. The van der Waals surface area contributed by atoms with E-state index in [9.17, 15) is 4.79 Å². The number of amides is 1. The van der Waals surface area contributed by atoms with Crippen molar-refractivity contribution in [3.8, 4) is 0 Å². The predicted molar refractivity (Wildman–Crippen MR) is 83.4 cm³/mol. The number of nitrogens with one attached hydrogen (secondary N) is 1. The third-order valence-corrected chi connectivity index (χ3v) is 4.40. The largest absolute Gasteiger partial charge is 0.360 e. The molecule has 5 heteroatoms. The molecule has 3 rings (SSSR count). The normalized spacial score (nSPS) is 10.9. The quantitative estimate of drug-likeness (QED) is 0.775. The standard InChI is InChI=1S/C15H13ClN2OS/c1-18(9-10-6-7-14(16)20-10)15(19)12-8-17-13-5-3-2-4-11(12)13/h2-8,17H,9H2,1H3. The van der Waals surface area contributed by atoms with E-state index in [1.165, 1.54) is 11.3 Å². The molecule has 20 heavy (non-hydrogen) atoms. The summed E-state index contributed by atoms with van der Waals surface area (Å²) in [4.78, 5) is 18.4. The van der Waals surface area contributed by atoms with E-state index < -0.39 is 0 Å². The summed E-state index contributed by atoms with van der Waals surface area (Å²) < 4.78 is 0.743. The van der Waals surface area contributed by atoms with E-state index in [0.717, 1.165) is 20.1 Å². The summed E-state index contributed by atoms with van der Waals surface area (Å²) in [6.45, 7) is 0.565. The van der Waals surface area contributed by atoms with Crippen LogP contribution in [-0.2, 0) is 6.54 Å². The molecule has 0 aliphatic heterocycles. The van der Waals surface area contributed by atoms with Crippen molar-refractivity contribution in [1.82, 2.24) is 9.88 Å². The van der Waals surface area contributed by atoms with Crippen LogP contribution in [0.15, 0.2) is 42.6 Å². The number of carbonyl (C=O) groups is 1. The van der Waals surface area contributed by atoms with Crippen LogP contribution >= 0.6 is 22.9 Å². The molecular weight excluding hydrogens is 292 g/mol. The molecule has 3 nitrogen and oxygen atoms in total. The molecule has 0 unspecified atom stereocenters. The predicted octanol–water partition coefficient (Wildman–Crippen LogP) is 4.16. The first-order chi connectivity index (χ1) is 9.65. The van der Waals surface area contributed by atoms with Gasteiger partial charge in [0.05, 0.1) is 16.4 Å². The summed E-state index contributed by atoms with van der Waals surface area (Å²) in [7, 11) is 1.80. The van der Waals surface area contributed by atoms with Crippen molar-refractivity contribution >= 4 is 39.7 Å². The molecule has 2 heterocycles. The number of benzene rings is 1. The van der Waals surface area contributed by atoms with Gasteiger partial charge in [0, 0.05) is 29.0 Å². The van der Waals surface area contributed by atoms with Crippen molar-refractivity contribution in [3.05, 3.63) is 57.4 Å². The molecule has 1 amide bonds. The minimum Gasteiger partial charge on any atom is -0.360 e. The average Bonchev–Trinajstić information content (AvgIpc) is 3.04. The number of hydrogen-bond acceptors (Lipinski definition) is 2. The van der Waals surface area contributed by atoms with Gasteiger partial charge in [-0.2, -0.15) is 0 Å². The Morgan fingerprint density at radius 2 is 2.10 bits per heavy atom. The second-order valence-electron chi connectivity index (χ2n) is 4.61. The minimum atomic E-state index is 0.00646. The molecule has 0 fully saturated rings. The Morgan fingerprint density at radius 3 is 2.85 bits per heavy atom. The molecule has 1 aromatic carbocycles. The summed E-state index contributed by atoms with van der Waals surface area (Å²) in [5.74, 6) is 0.00646. The first-order valence-electron chi connectivity index (χ1n) is 6.21. The van der Waals surface area contributed by atoms with Gasteiger partial charge in [0.25, 0.3) is 5.91 Å². The van der Waals surface area contributed by atoms with E-state index in [0.29, 0.717) is 12.1 Å². The second kappa shape index (κ2) is 5.31. The lowest BCUT2D eigenvalue weighted by Crippen LogP contribution is -2.25. The molecule has 0 atom stereocenters. The molecule has 0 saturated carbocycles. The van der Waals surface area contributed by atoms with Gasteiger partial charge in [0.1, 0.15) is 0 Å². The first kappa shape index (κ1) is 13.2. The molecule has 1 N–H and O–H groups in total. The van der Waals surface area contributed by atoms with Crippen molar-refractivity contribution in [3.63, 3.8) is 0 Å². The lowest BCUT2D eigenvalue weighted by Gasteiger charge is -2.15. The number of halogens is 1. The monoisotopic (exact) mass is 304 g/mol. The summed E-state index contributed by atoms with van der Waals surface area (Å²) >= 11 is 7.41. The van der Waals surface area contributed by atoms with Gasteiger partial charge in [0.15, 0.2) is 0 Å². The maximum Gasteiger partial charge on any atom is 0.256 e. The smallest absolute Gasteiger partial charge is 0.256 e. The SMILES string of the molecule is CN(Cc1ccc(Cl)s1)C(=O)c1c[nH]c2ccccc12. The van der Waals surface area contributed by atoms with Crippen LogP contribution in [0.2, 0.25) is 4.34 Å². The summed E-state index contributed by atoms with van der Waals surface area (Å²) in [6.07, 6.45) is 1.77. The zero-order valence-electron chi connectivity index (χ0n) is 10.9. The van der Waals surface area contributed by atoms with Crippen molar-refractivity contribution in [1.29, 1.82) is 0 Å². The van der Waals surface area contributed by atoms with Crippen LogP contribution in [0.4, 0.5) is 0 Å². The van der Waals surface area contributed by atoms with Crippen molar-refractivity contribution in [2.75, 3.05) is 7.05 Å². The van der Waals surface area contributed by atoms with E-state index in [-0.39, 0.29) is 5.91 Å².